The monoisotopic (exact) mass is 410 g/mol. The van der Waals surface area contributed by atoms with E-state index in [1.165, 1.54) is 0 Å². The van der Waals surface area contributed by atoms with Crippen LogP contribution in [-0.2, 0) is 14.3 Å². The fourth-order valence-electron chi connectivity index (χ4n) is 7.97. The van der Waals surface area contributed by atoms with Crippen molar-refractivity contribution in [3.63, 3.8) is 0 Å². The van der Waals surface area contributed by atoms with Crippen molar-refractivity contribution >= 4 is 11.6 Å². The summed E-state index contributed by atoms with van der Waals surface area (Å²) in [5.41, 5.74) is 2.25. The molecule has 4 heteroatoms. The molecule has 0 aromatic rings. The molecule has 162 valence electrons. The molecule has 0 spiro atoms. The van der Waals surface area contributed by atoms with Gasteiger partial charge in [0, 0.05) is 30.3 Å². The molecule has 4 aliphatic carbocycles. The van der Waals surface area contributed by atoms with Crippen LogP contribution in [0.3, 0.4) is 0 Å². The summed E-state index contributed by atoms with van der Waals surface area (Å²) in [6, 6.07) is 0. The van der Waals surface area contributed by atoms with Gasteiger partial charge in [0.05, 0.1) is 6.10 Å². The van der Waals surface area contributed by atoms with Crippen molar-refractivity contribution in [1.82, 2.24) is 0 Å². The predicted octanol–water partition coefficient (Wildman–Crippen LogP) is 4.20. The SMILES string of the molecule is C=C=CCC(=O)[C@@]1(OC)CC[C@H]2[C@@H]3C[C@H](C)C4=CC(=O)C=C[C@]4(C)[C@H]3[C@@H](O)C[C@@]21C. The molecule has 0 heterocycles. The Morgan fingerprint density at radius 2 is 2.17 bits per heavy atom. The van der Waals surface area contributed by atoms with Gasteiger partial charge in [-0.3, -0.25) is 9.59 Å². The summed E-state index contributed by atoms with van der Waals surface area (Å²) in [7, 11) is 1.64. The number of rotatable bonds is 4. The minimum Gasteiger partial charge on any atom is -0.393 e. The van der Waals surface area contributed by atoms with Crippen LogP contribution < -0.4 is 0 Å². The number of hydrogen-bond donors (Lipinski definition) is 1. The summed E-state index contributed by atoms with van der Waals surface area (Å²) in [5.74, 6) is 1.02. The van der Waals surface area contributed by atoms with E-state index in [2.05, 4.69) is 33.1 Å². The molecular weight excluding hydrogens is 376 g/mol. The summed E-state index contributed by atoms with van der Waals surface area (Å²) in [6.45, 7) is 10.1. The smallest absolute Gasteiger partial charge is 0.178 e. The summed E-state index contributed by atoms with van der Waals surface area (Å²) in [6.07, 6.45) is 9.95. The number of Topliss-reactive ketones (excluding diaryl/α,β-unsaturated/α-hetero) is 1. The van der Waals surface area contributed by atoms with Gasteiger partial charge in [-0.05, 0) is 61.7 Å². The lowest BCUT2D eigenvalue weighted by Gasteiger charge is -2.61. The lowest BCUT2D eigenvalue weighted by Crippen LogP contribution is -2.62. The van der Waals surface area contributed by atoms with Gasteiger partial charge in [-0.1, -0.05) is 39.0 Å². The van der Waals surface area contributed by atoms with Crippen molar-refractivity contribution in [2.24, 2.45) is 34.5 Å². The summed E-state index contributed by atoms with van der Waals surface area (Å²) < 4.78 is 6.03. The van der Waals surface area contributed by atoms with Crippen molar-refractivity contribution < 1.29 is 19.4 Å². The first-order chi connectivity index (χ1) is 14.1. The van der Waals surface area contributed by atoms with Gasteiger partial charge in [0.2, 0.25) is 0 Å². The fourth-order valence-corrected chi connectivity index (χ4v) is 7.97. The number of hydrogen-bond acceptors (Lipinski definition) is 4. The van der Waals surface area contributed by atoms with Gasteiger partial charge < -0.3 is 9.84 Å². The number of ketones is 2. The van der Waals surface area contributed by atoms with Crippen LogP contribution in [0.1, 0.15) is 52.9 Å². The zero-order valence-electron chi connectivity index (χ0n) is 18.6. The maximum absolute atomic E-state index is 13.3. The first kappa shape index (κ1) is 21.5. The third-order valence-electron chi connectivity index (χ3n) is 9.17. The highest BCUT2D eigenvalue weighted by Gasteiger charge is 2.69. The molecule has 0 aliphatic heterocycles. The Labute approximate surface area is 179 Å². The molecule has 0 unspecified atom stereocenters. The molecule has 0 aromatic carbocycles. The third kappa shape index (κ3) is 2.67. The first-order valence-corrected chi connectivity index (χ1v) is 11.2. The van der Waals surface area contributed by atoms with Gasteiger partial charge in [0.15, 0.2) is 11.6 Å². The zero-order chi connectivity index (χ0) is 21.9. The maximum Gasteiger partial charge on any atom is 0.178 e. The fraction of sp³-hybridized carbons (Fsp3) is 0.654. The molecule has 0 aromatic heterocycles. The Morgan fingerprint density at radius 3 is 2.83 bits per heavy atom. The van der Waals surface area contributed by atoms with Crippen molar-refractivity contribution in [3.8, 4) is 0 Å². The van der Waals surface area contributed by atoms with Crippen molar-refractivity contribution in [2.45, 2.75) is 64.6 Å². The highest BCUT2D eigenvalue weighted by atomic mass is 16.5. The number of ether oxygens (including phenoxy) is 1. The molecule has 0 saturated heterocycles. The molecule has 4 rings (SSSR count). The van der Waals surface area contributed by atoms with Gasteiger partial charge >= 0.3 is 0 Å². The topological polar surface area (TPSA) is 63.6 Å². The molecular formula is C26H34O4. The second kappa shape index (κ2) is 7.15. The standard InChI is InChI=1S/C26H34O4/c1-6-7-8-22(29)26(30-5)12-10-19-18-13-16(2)20-14-17(27)9-11-24(20,3)23(18)21(28)15-25(19,26)4/h7,9,11,14,16,18-19,21,23,28H,1,8,10,12-13,15H2,2-5H3/t16-,18-,19-,21-,23+,24-,25-,26-/m0/s1. The average molecular weight is 411 g/mol. The Kier molecular flexibility index (Phi) is 5.12. The van der Waals surface area contributed by atoms with E-state index in [9.17, 15) is 14.7 Å². The van der Waals surface area contributed by atoms with Crippen LogP contribution in [0, 0.1) is 34.5 Å². The minimum absolute atomic E-state index is 0.0445. The number of aliphatic hydroxyl groups excluding tert-OH is 1. The largest absolute Gasteiger partial charge is 0.393 e. The molecule has 0 amide bonds. The van der Waals surface area contributed by atoms with E-state index in [-0.39, 0.29) is 41.2 Å². The van der Waals surface area contributed by atoms with Crippen molar-refractivity contribution in [1.29, 1.82) is 0 Å². The first-order valence-electron chi connectivity index (χ1n) is 11.2. The molecule has 4 nitrogen and oxygen atoms in total. The van der Waals surface area contributed by atoms with E-state index in [1.54, 1.807) is 25.3 Å². The average Bonchev–Trinajstić information content (AvgIpc) is 3.00. The van der Waals surface area contributed by atoms with Gasteiger partial charge in [0.1, 0.15) is 5.60 Å². The molecule has 8 atom stereocenters. The Hall–Kier alpha value is -1.74. The second-order valence-corrected chi connectivity index (χ2v) is 10.3. The van der Waals surface area contributed by atoms with E-state index in [4.69, 9.17) is 4.74 Å². The Morgan fingerprint density at radius 1 is 1.43 bits per heavy atom. The van der Waals surface area contributed by atoms with Crippen LogP contribution in [0.5, 0.6) is 0 Å². The number of allylic oxidation sites excluding steroid dienone is 5. The lowest BCUT2D eigenvalue weighted by atomic mass is 9.44. The van der Waals surface area contributed by atoms with E-state index in [0.717, 1.165) is 18.4 Å². The summed E-state index contributed by atoms with van der Waals surface area (Å²) >= 11 is 0. The minimum atomic E-state index is -0.879. The molecule has 0 radical (unpaired) electrons. The number of carbonyl (C=O) groups is 2. The molecule has 3 saturated carbocycles. The molecule has 3 fully saturated rings. The van der Waals surface area contributed by atoms with Crippen LogP contribution in [0.4, 0.5) is 0 Å². The molecule has 30 heavy (non-hydrogen) atoms. The van der Waals surface area contributed by atoms with E-state index >= 15 is 0 Å². The van der Waals surface area contributed by atoms with Gasteiger partial charge in [-0.15, -0.1) is 5.73 Å². The normalized spacial score (nSPS) is 46.9. The Bertz CT molecular complexity index is 877. The predicted molar refractivity (Wildman–Crippen MR) is 116 cm³/mol. The number of methoxy groups -OCH3 is 1. The highest BCUT2D eigenvalue weighted by molar-refractivity contribution is 6.01. The van der Waals surface area contributed by atoms with E-state index in [0.29, 0.717) is 18.8 Å². The van der Waals surface area contributed by atoms with Gasteiger partial charge in [-0.25, -0.2) is 0 Å². The molecule has 0 bridgehead atoms. The second-order valence-electron chi connectivity index (χ2n) is 10.3. The summed E-state index contributed by atoms with van der Waals surface area (Å²) in [5, 5.41) is 11.5. The van der Waals surface area contributed by atoms with Crippen LogP contribution in [-0.4, -0.2) is 35.5 Å². The zero-order valence-corrected chi connectivity index (χ0v) is 18.6. The van der Waals surface area contributed by atoms with Crippen LogP contribution in [0.25, 0.3) is 0 Å². The quantitative estimate of drug-likeness (QED) is 0.706. The van der Waals surface area contributed by atoms with E-state index in [1.807, 2.05) is 6.08 Å². The van der Waals surface area contributed by atoms with Crippen LogP contribution in [0.2, 0.25) is 0 Å². The number of aliphatic hydroxyl groups is 1. The Balaban J connectivity index is 1.76. The van der Waals surface area contributed by atoms with Crippen LogP contribution in [0.15, 0.2) is 42.2 Å². The number of carbonyl (C=O) groups excluding carboxylic acids is 2. The third-order valence-corrected chi connectivity index (χ3v) is 9.17. The maximum atomic E-state index is 13.3. The van der Waals surface area contributed by atoms with Gasteiger partial charge in [0.25, 0.3) is 0 Å². The molecule has 1 N–H and O–H groups in total. The molecule has 4 aliphatic rings. The summed E-state index contributed by atoms with van der Waals surface area (Å²) in [4.78, 5) is 25.4. The van der Waals surface area contributed by atoms with Gasteiger partial charge in [-0.2, -0.15) is 0 Å². The van der Waals surface area contributed by atoms with Crippen molar-refractivity contribution in [2.75, 3.05) is 7.11 Å². The number of fused-ring (bicyclic) bond motifs is 5. The lowest BCUT2D eigenvalue weighted by molar-refractivity contribution is -0.185. The van der Waals surface area contributed by atoms with E-state index < -0.39 is 17.1 Å². The van der Waals surface area contributed by atoms with Crippen molar-refractivity contribution in [3.05, 3.63) is 42.2 Å². The highest BCUT2D eigenvalue weighted by Crippen LogP contribution is 2.68. The van der Waals surface area contributed by atoms with Crippen LogP contribution >= 0.6 is 0 Å².